The number of carboxylic acid groups (broad SMARTS) is 1. The second-order valence-electron chi connectivity index (χ2n) is 8.42. The summed E-state index contributed by atoms with van der Waals surface area (Å²) in [6, 6.07) is 28.1. The van der Waals surface area contributed by atoms with Gasteiger partial charge in [-0.05, 0) is 41.2 Å². The number of hydrogen-bond donors (Lipinski definition) is 1. The van der Waals surface area contributed by atoms with Crippen molar-refractivity contribution in [3.8, 4) is 11.1 Å². The van der Waals surface area contributed by atoms with E-state index in [1.54, 1.807) is 0 Å². The molecule has 1 heterocycles. The van der Waals surface area contributed by atoms with Crippen molar-refractivity contribution in [2.75, 3.05) is 0 Å². The normalized spacial score (nSPS) is 13.2. The number of benzene rings is 3. The summed E-state index contributed by atoms with van der Waals surface area (Å²) in [6.45, 7) is 4.01. The smallest absolute Gasteiger partial charge is 0.332 e. The number of carbonyl (C=O) groups is 1. The summed E-state index contributed by atoms with van der Waals surface area (Å²) in [7, 11) is 0. The molecular weight excluding hydrogens is 398 g/mol. The van der Waals surface area contributed by atoms with Crippen molar-refractivity contribution in [1.82, 2.24) is 4.98 Å². The van der Waals surface area contributed by atoms with Crippen LogP contribution >= 0.6 is 0 Å². The predicted molar refractivity (Wildman–Crippen MR) is 127 cm³/mol. The first-order valence-electron chi connectivity index (χ1n) is 10.9. The highest BCUT2D eigenvalue weighted by atomic mass is 16.5. The lowest BCUT2D eigenvalue weighted by atomic mass is 9.97. The number of fused-ring (bicyclic) bond motifs is 1. The van der Waals surface area contributed by atoms with Gasteiger partial charge in [-0.15, -0.1) is 0 Å². The predicted octanol–water partition coefficient (Wildman–Crippen LogP) is 6.51. The lowest BCUT2D eigenvalue weighted by molar-refractivity contribution is -0.154. The maximum Gasteiger partial charge on any atom is 0.332 e. The molecule has 1 N–H and O–H groups in total. The Bertz CT molecular complexity index is 1190. The van der Waals surface area contributed by atoms with E-state index in [4.69, 9.17) is 4.74 Å². The summed E-state index contributed by atoms with van der Waals surface area (Å²) < 4.78 is 6.19. The molecule has 0 bridgehead atoms. The average Bonchev–Trinajstić information content (AvgIpc) is 2.82. The third kappa shape index (κ3) is 5.04. The van der Waals surface area contributed by atoms with Crippen LogP contribution in [-0.4, -0.2) is 22.2 Å². The topological polar surface area (TPSA) is 59.4 Å². The fraction of sp³-hybridized carbons (Fsp3) is 0.214. The summed E-state index contributed by atoms with van der Waals surface area (Å²) in [5.41, 5.74) is 4.91. The summed E-state index contributed by atoms with van der Waals surface area (Å²) in [5.74, 6) is -0.714. The summed E-state index contributed by atoms with van der Waals surface area (Å²) in [5, 5.41) is 10.8. The second-order valence-corrected chi connectivity index (χ2v) is 8.42. The van der Waals surface area contributed by atoms with Gasteiger partial charge in [-0.2, -0.15) is 0 Å². The molecule has 4 nitrogen and oxygen atoms in total. The number of rotatable bonds is 8. The van der Waals surface area contributed by atoms with Gasteiger partial charge in [0.25, 0.3) is 0 Å². The number of carboxylic acids is 1. The van der Waals surface area contributed by atoms with Gasteiger partial charge >= 0.3 is 5.97 Å². The largest absolute Gasteiger partial charge is 0.479 e. The molecule has 32 heavy (non-hydrogen) atoms. The number of nitrogens with zero attached hydrogens (tertiary/aromatic N) is 1. The van der Waals surface area contributed by atoms with Gasteiger partial charge in [0.15, 0.2) is 6.10 Å². The Labute approximate surface area is 188 Å². The first-order chi connectivity index (χ1) is 15.5. The number of hydrogen-bond acceptors (Lipinski definition) is 3. The Hall–Kier alpha value is -3.50. The third-order valence-electron chi connectivity index (χ3n) is 5.50. The summed E-state index contributed by atoms with van der Waals surface area (Å²) >= 11 is 0. The van der Waals surface area contributed by atoms with Crippen LogP contribution in [0, 0.1) is 5.92 Å². The van der Waals surface area contributed by atoms with E-state index >= 15 is 0 Å². The minimum absolute atomic E-state index is 0.218. The van der Waals surface area contributed by atoms with Crippen molar-refractivity contribution in [2.24, 2.45) is 5.92 Å². The number of para-hydroxylation sites is 1. The standard InChI is InChI=1S/C28H27NO3/c1-19(2)16-26(28(30)31)32-27(21-8-4-3-5-9-21)22-14-12-20(13-15-22)24-17-23-10-6-7-11-25(23)29-18-24/h3-15,17-19,26-27H,16H2,1-2H3,(H,30,31)/t26-,27+/m0/s1. The van der Waals surface area contributed by atoms with Crippen LogP contribution in [0.15, 0.2) is 91.1 Å². The van der Waals surface area contributed by atoms with Gasteiger partial charge in [0, 0.05) is 17.1 Å². The molecule has 0 saturated carbocycles. The maximum absolute atomic E-state index is 11.8. The van der Waals surface area contributed by atoms with E-state index in [9.17, 15) is 9.90 Å². The van der Waals surface area contributed by atoms with Crippen LogP contribution in [0.4, 0.5) is 0 Å². The summed E-state index contributed by atoms with van der Waals surface area (Å²) in [6.07, 6.45) is 1.01. The minimum Gasteiger partial charge on any atom is -0.479 e. The highest BCUT2D eigenvalue weighted by Gasteiger charge is 2.26. The van der Waals surface area contributed by atoms with Gasteiger partial charge < -0.3 is 9.84 Å². The zero-order valence-electron chi connectivity index (χ0n) is 18.3. The molecule has 0 radical (unpaired) electrons. The number of aliphatic carboxylic acids is 1. The van der Waals surface area contributed by atoms with Crippen LogP contribution in [0.2, 0.25) is 0 Å². The van der Waals surface area contributed by atoms with Crippen molar-refractivity contribution in [3.05, 3.63) is 102 Å². The second kappa shape index (κ2) is 9.75. The number of aromatic nitrogens is 1. The molecule has 4 heteroatoms. The van der Waals surface area contributed by atoms with Gasteiger partial charge in [0.05, 0.1) is 5.52 Å². The highest BCUT2D eigenvalue weighted by molar-refractivity contribution is 5.83. The van der Waals surface area contributed by atoms with Crippen molar-refractivity contribution < 1.29 is 14.6 Å². The Kier molecular flexibility index (Phi) is 6.62. The van der Waals surface area contributed by atoms with Crippen molar-refractivity contribution in [2.45, 2.75) is 32.5 Å². The van der Waals surface area contributed by atoms with Crippen LogP contribution < -0.4 is 0 Å². The molecule has 4 aromatic rings. The van der Waals surface area contributed by atoms with Crippen LogP contribution in [-0.2, 0) is 9.53 Å². The zero-order chi connectivity index (χ0) is 22.5. The quantitative estimate of drug-likeness (QED) is 0.350. The molecule has 162 valence electrons. The van der Waals surface area contributed by atoms with Gasteiger partial charge in [-0.25, -0.2) is 4.79 Å². The molecule has 0 spiro atoms. The van der Waals surface area contributed by atoms with E-state index in [0.717, 1.165) is 33.2 Å². The van der Waals surface area contributed by atoms with E-state index < -0.39 is 18.2 Å². The third-order valence-corrected chi connectivity index (χ3v) is 5.50. The van der Waals surface area contributed by atoms with Crippen molar-refractivity contribution in [1.29, 1.82) is 0 Å². The Morgan fingerprint density at radius 3 is 2.22 bits per heavy atom. The molecule has 0 unspecified atom stereocenters. The molecule has 0 aliphatic heterocycles. The van der Waals surface area contributed by atoms with Gasteiger partial charge in [-0.3, -0.25) is 4.98 Å². The Balaban J connectivity index is 1.65. The molecule has 4 rings (SSSR count). The van der Waals surface area contributed by atoms with E-state index in [1.165, 1.54) is 0 Å². The molecular formula is C28H27NO3. The van der Waals surface area contributed by atoms with Gasteiger partial charge in [0.2, 0.25) is 0 Å². The minimum atomic E-state index is -0.932. The lowest BCUT2D eigenvalue weighted by Gasteiger charge is -2.24. The van der Waals surface area contributed by atoms with Crippen LogP contribution in [0.3, 0.4) is 0 Å². The zero-order valence-corrected chi connectivity index (χ0v) is 18.3. The van der Waals surface area contributed by atoms with Gasteiger partial charge in [0.1, 0.15) is 6.10 Å². The molecule has 0 aliphatic carbocycles. The fourth-order valence-corrected chi connectivity index (χ4v) is 3.86. The van der Waals surface area contributed by atoms with Crippen LogP contribution in [0.1, 0.15) is 37.5 Å². The molecule has 2 atom stereocenters. The van der Waals surface area contributed by atoms with E-state index in [0.29, 0.717) is 6.42 Å². The fourth-order valence-electron chi connectivity index (χ4n) is 3.86. The van der Waals surface area contributed by atoms with Gasteiger partial charge in [-0.1, -0.05) is 86.6 Å². The summed E-state index contributed by atoms with van der Waals surface area (Å²) in [4.78, 5) is 16.4. The molecule has 1 aromatic heterocycles. The van der Waals surface area contributed by atoms with E-state index in [-0.39, 0.29) is 5.92 Å². The monoisotopic (exact) mass is 425 g/mol. The lowest BCUT2D eigenvalue weighted by Crippen LogP contribution is -2.28. The molecule has 0 aliphatic rings. The Morgan fingerprint density at radius 2 is 1.53 bits per heavy atom. The maximum atomic E-state index is 11.8. The van der Waals surface area contributed by atoms with Crippen LogP contribution in [0.25, 0.3) is 22.0 Å². The molecule has 0 saturated heterocycles. The number of ether oxygens (including phenoxy) is 1. The SMILES string of the molecule is CC(C)C[C@H](O[C@H](c1ccccc1)c1ccc(-c2cnc3ccccc3c2)cc1)C(=O)O. The first kappa shape index (κ1) is 21.7. The Morgan fingerprint density at radius 1 is 0.875 bits per heavy atom. The average molecular weight is 426 g/mol. The molecule has 0 amide bonds. The van der Waals surface area contributed by atoms with Crippen LogP contribution in [0.5, 0.6) is 0 Å². The van der Waals surface area contributed by atoms with Crippen molar-refractivity contribution in [3.63, 3.8) is 0 Å². The number of pyridine rings is 1. The van der Waals surface area contributed by atoms with Crippen molar-refractivity contribution >= 4 is 16.9 Å². The molecule has 0 fully saturated rings. The molecule has 3 aromatic carbocycles. The van der Waals surface area contributed by atoms with E-state index in [2.05, 4.69) is 17.1 Å². The van der Waals surface area contributed by atoms with E-state index in [1.807, 2.05) is 92.8 Å². The highest BCUT2D eigenvalue weighted by Crippen LogP contribution is 2.31. The first-order valence-corrected chi connectivity index (χ1v) is 10.9.